The van der Waals surface area contributed by atoms with E-state index < -0.39 is 30.0 Å². The van der Waals surface area contributed by atoms with Crippen LogP contribution in [0.4, 0.5) is 11.4 Å². The monoisotopic (exact) mass is 539 g/mol. The van der Waals surface area contributed by atoms with Gasteiger partial charge in [-0.25, -0.2) is 5.48 Å². The molecule has 2 unspecified atom stereocenters. The summed E-state index contributed by atoms with van der Waals surface area (Å²) in [6.45, 7) is 1.58. The van der Waals surface area contributed by atoms with Gasteiger partial charge in [-0.05, 0) is 42.5 Å². The van der Waals surface area contributed by atoms with Gasteiger partial charge in [0.2, 0.25) is 6.10 Å². The SMILES string of the molecule is CN=C(NOC=O)c1ccc(NC(=O)C(OC(C)=O)C2OCCN(c3cccc(C(=O)N(C)C)c3)C2=O)cc1. The third-order valence-corrected chi connectivity index (χ3v) is 5.61. The predicted molar refractivity (Wildman–Crippen MR) is 140 cm³/mol. The average Bonchev–Trinajstić information content (AvgIpc) is 2.92. The lowest BCUT2D eigenvalue weighted by molar-refractivity contribution is -0.167. The molecule has 1 aliphatic rings. The number of anilines is 2. The van der Waals surface area contributed by atoms with Crippen LogP contribution in [0.1, 0.15) is 22.8 Å². The summed E-state index contributed by atoms with van der Waals surface area (Å²) in [6.07, 6.45) is -3.00. The first-order valence-electron chi connectivity index (χ1n) is 11.8. The molecule has 206 valence electrons. The number of carbonyl (C=O) groups excluding carboxylic acids is 5. The molecule has 39 heavy (non-hydrogen) atoms. The predicted octanol–water partition coefficient (Wildman–Crippen LogP) is 0.745. The van der Waals surface area contributed by atoms with Gasteiger partial charge < -0.3 is 29.4 Å². The number of ether oxygens (including phenoxy) is 2. The molecule has 1 fully saturated rings. The zero-order chi connectivity index (χ0) is 28.5. The molecule has 1 aliphatic heterocycles. The highest BCUT2D eigenvalue weighted by atomic mass is 16.7. The van der Waals surface area contributed by atoms with Gasteiger partial charge in [0.1, 0.15) is 0 Å². The maximum Gasteiger partial charge on any atom is 0.320 e. The van der Waals surface area contributed by atoms with Crippen molar-refractivity contribution in [2.45, 2.75) is 19.1 Å². The molecule has 0 radical (unpaired) electrons. The molecule has 0 spiro atoms. The van der Waals surface area contributed by atoms with E-state index in [2.05, 4.69) is 20.6 Å². The molecular formula is C26H29N5O8. The van der Waals surface area contributed by atoms with Gasteiger partial charge >= 0.3 is 12.4 Å². The van der Waals surface area contributed by atoms with Crippen LogP contribution >= 0.6 is 0 Å². The minimum Gasteiger partial charge on any atom is -0.449 e. The molecule has 0 aromatic heterocycles. The standard InChI is InChI=1S/C26H29N5O8/c1-16(33)39-21(24(34)28-19-10-8-17(9-11-19)23(27-2)29-38-15-32)22-26(36)31(12-13-37-22)20-7-5-6-18(14-20)25(35)30(3)4/h5-11,14-15,21-22H,12-13H2,1-4H3,(H,27,29)(H,28,34). The number of esters is 1. The van der Waals surface area contributed by atoms with Crippen LogP contribution in [-0.4, -0.2) is 87.4 Å². The van der Waals surface area contributed by atoms with E-state index in [1.165, 1.54) is 16.8 Å². The highest BCUT2D eigenvalue weighted by Gasteiger charge is 2.42. The number of benzene rings is 2. The Balaban J connectivity index is 1.80. The second kappa shape index (κ2) is 13.1. The minimum absolute atomic E-state index is 0.0665. The van der Waals surface area contributed by atoms with E-state index in [-0.39, 0.29) is 31.4 Å². The van der Waals surface area contributed by atoms with Gasteiger partial charge in [0.25, 0.3) is 17.7 Å². The van der Waals surface area contributed by atoms with Gasteiger partial charge in [-0.3, -0.25) is 29.0 Å². The van der Waals surface area contributed by atoms with Crippen molar-refractivity contribution in [3.63, 3.8) is 0 Å². The molecule has 2 aromatic rings. The number of aliphatic imine (C=N–C) groups is 1. The maximum atomic E-state index is 13.4. The van der Waals surface area contributed by atoms with E-state index in [4.69, 9.17) is 9.47 Å². The first kappa shape index (κ1) is 28.8. The molecule has 1 heterocycles. The van der Waals surface area contributed by atoms with Crippen molar-refractivity contribution >= 4 is 47.4 Å². The van der Waals surface area contributed by atoms with E-state index in [1.54, 1.807) is 62.6 Å². The Morgan fingerprint density at radius 1 is 1.15 bits per heavy atom. The lowest BCUT2D eigenvalue weighted by Gasteiger charge is -2.35. The summed E-state index contributed by atoms with van der Waals surface area (Å²) in [4.78, 5) is 72.6. The van der Waals surface area contributed by atoms with E-state index >= 15 is 0 Å². The Hall–Kier alpha value is -4.78. The molecule has 3 amide bonds. The number of hydrogen-bond acceptors (Lipinski definition) is 9. The van der Waals surface area contributed by atoms with Gasteiger partial charge in [0, 0.05) is 57.1 Å². The highest BCUT2D eigenvalue weighted by molar-refractivity contribution is 6.05. The second-order valence-electron chi connectivity index (χ2n) is 8.52. The van der Waals surface area contributed by atoms with E-state index in [0.717, 1.165) is 6.92 Å². The van der Waals surface area contributed by atoms with Gasteiger partial charge in [-0.2, -0.15) is 0 Å². The molecule has 2 N–H and O–H groups in total. The van der Waals surface area contributed by atoms with Crippen molar-refractivity contribution < 1.29 is 38.3 Å². The number of hydrogen-bond donors (Lipinski definition) is 2. The number of carbonyl (C=O) groups is 5. The zero-order valence-electron chi connectivity index (χ0n) is 21.9. The quantitative estimate of drug-likeness (QED) is 0.154. The lowest BCUT2D eigenvalue weighted by atomic mass is 10.1. The Morgan fingerprint density at radius 3 is 2.49 bits per heavy atom. The van der Waals surface area contributed by atoms with Crippen molar-refractivity contribution in [2.24, 2.45) is 4.99 Å². The lowest BCUT2D eigenvalue weighted by Crippen LogP contribution is -2.56. The number of nitrogens with zero attached hydrogens (tertiary/aromatic N) is 3. The fourth-order valence-electron chi connectivity index (χ4n) is 3.81. The van der Waals surface area contributed by atoms with Crippen molar-refractivity contribution in [3.05, 3.63) is 59.7 Å². The van der Waals surface area contributed by atoms with Crippen molar-refractivity contribution in [1.29, 1.82) is 0 Å². The topological polar surface area (TPSA) is 156 Å². The fraction of sp³-hybridized carbons (Fsp3) is 0.308. The summed E-state index contributed by atoms with van der Waals surface area (Å²) in [5, 5.41) is 2.62. The summed E-state index contributed by atoms with van der Waals surface area (Å²) in [5.41, 5.74) is 4.10. The summed E-state index contributed by atoms with van der Waals surface area (Å²) in [6, 6.07) is 12.8. The number of morpholine rings is 1. The summed E-state index contributed by atoms with van der Waals surface area (Å²) < 4.78 is 10.8. The van der Waals surface area contributed by atoms with Crippen LogP contribution in [0.2, 0.25) is 0 Å². The number of rotatable bonds is 9. The third kappa shape index (κ3) is 7.17. The molecule has 13 heteroatoms. The number of amides is 3. The van der Waals surface area contributed by atoms with Crippen LogP contribution in [-0.2, 0) is 33.5 Å². The van der Waals surface area contributed by atoms with Gasteiger partial charge in [0.05, 0.1) is 6.61 Å². The molecule has 0 aliphatic carbocycles. The Bertz CT molecular complexity index is 1260. The maximum absolute atomic E-state index is 13.4. The molecule has 2 aromatic carbocycles. The summed E-state index contributed by atoms with van der Waals surface area (Å²) in [5.74, 6) is -2.11. The van der Waals surface area contributed by atoms with Crippen LogP contribution in [0.15, 0.2) is 53.5 Å². The fourth-order valence-corrected chi connectivity index (χ4v) is 3.81. The molecular weight excluding hydrogens is 510 g/mol. The van der Waals surface area contributed by atoms with Crippen LogP contribution in [0.3, 0.4) is 0 Å². The Morgan fingerprint density at radius 2 is 1.87 bits per heavy atom. The van der Waals surface area contributed by atoms with Gasteiger partial charge in [-0.1, -0.05) is 6.07 Å². The van der Waals surface area contributed by atoms with E-state index in [1.807, 2.05) is 0 Å². The number of nitrogens with one attached hydrogen (secondary N) is 2. The van der Waals surface area contributed by atoms with Crippen molar-refractivity contribution in [3.8, 4) is 0 Å². The van der Waals surface area contributed by atoms with E-state index in [9.17, 15) is 24.0 Å². The average molecular weight is 540 g/mol. The second-order valence-corrected chi connectivity index (χ2v) is 8.52. The van der Waals surface area contributed by atoms with Gasteiger partial charge in [0.15, 0.2) is 11.9 Å². The van der Waals surface area contributed by atoms with Crippen LogP contribution in [0, 0.1) is 0 Å². The number of hydroxylamine groups is 1. The first-order chi connectivity index (χ1) is 18.7. The minimum atomic E-state index is -1.58. The molecule has 0 bridgehead atoms. The first-order valence-corrected chi connectivity index (χ1v) is 11.8. The Kier molecular flexibility index (Phi) is 9.70. The molecule has 3 rings (SSSR count). The molecule has 13 nitrogen and oxygen atoms in total. The van der Waals surface area contributed by atoms with Gasteiger partial charge in [-0.15, -0.1) is 0 Å². The van der Waals surface area contributed by atoms with Crippen LogP contribution in [0.5, 0.6) is 0 Å². The molecule has 2 atom stereocenters. The highest BCUT2D eigenvalue weighted by Crippen LogP contribution is 2.24. The molecule has 0 saturated carbocycles. The molecule has 1 saturated heterocycles. The largest absolute Gasteiger partial charge is 0.449 e. The smallest absolute Gasteiger partial charge is 0.320 e. The van der Waals surface area contributed by atoms with Crippen LogP contribution < -0.4 is 15.7 Å². The summed E-state index contributed by atoms with van der Waals surface area (Å²) in [7, 11) is 4.74. The van der Waals surface area contributed by atoms with Crippen molar-refractivity contribution in [1.82, 2.24) is 10.4 Å². The number of amidine groups is 1. The third-order valence-electron chi connectivity index (χ3n) is 5.61. The normalized spacial score (nSPS) is 16.1. The Labute approximate surface area is 224 Å². The van der Waals surface area contributed by atoms with Crippen molar-refractivity contribution in [2.75, 3.05) is 44.5 Å². The van der Waals surface area contributed by atoms with Crippen LogP contribution in [0.25, 0.3) is 0 Å². The zero-order valence-corrected chi connectivity index (χ0v) is 21.9. The summed E-state index contributed by atoms with van der Waals surface area (Å²) >= 11 is 0. The van der Waals surface area contributed by atoms with E-state index in [0.29, 0.717) is 22.5 Å².